The van der Waals surface area contributed by atoms with Crippen LogP contribution in [0.5, 0.6) is 0 Å². The van der Waals surface area contributed by atoms with E-state index in [0.717, 1.165) is 16.3 Å². The number of nitrogens with two attached hydrogens (primary N) is 2. The van der Waals surface area contributed by atoms with E-state index < -0.39 is 35.2 Å². The van der Waals surface area contributed by atoms with Crippen molar-refractivity contribution >= 4 is 105 Å². The van der Waals surface area contributed by atoms with E-state index in [-0.39, 0.29) is 57.5 Å². The van der Waals surface area contributed by atoms with Crippen LogP contribution in [0.3, 0.4) is 0 Å². The van der Waals surface area contributed by atoms with Gasteiger partial charge in [-0.1, -0.05) is 5.16 Å². The van der Waals surface area contributed by atoms with Gasteiger partial charge in [0.15, 0.2) is 16.7 Å². The number of carboxylic acid groups (broad SMARTS) is 1. The number of urea groups is 1. The van der Waals surface area contributed by atoms with Gasteiger partial charge in [-0.25, -0.2) is 29.6 Å². The van der Waals surface area contributed by atoms with Crippen LogP contribution in [-0.2, 0) is 19.2 Å². The number of primary amides is 1. The quantitative estimate of drug-likeness (QED) is 0.102. The Morgan fingerprint density at radius 1 is 1.39 bits per heavy atom. The van der Waals surface area contributed by atoms with Crippen LogP contribution in [0.15, 0.2) is 49.9 Å². The van der Waals surface area contributed by atoms with Crippen LogP contribution >= 0.6 is 34.9 Å². The van der Waals surface area contributed by atoms with E-state index in [1.807, 2.05) is 0 Å². The second-order valence-corrected chi connectivity index (χ2v) is 11.5. The topological polar surface area (TPSA) is 221 Å². The van der Waals surface area contributed by atoms with Crippen LogP contribution in [0.4, 0.5) is 9.93 Å². The molecule has 0 aromatic carbocycles. The van der Waals surface area contributed by atoms with E-state index in [2.05, 4.69) is 26.0 Å². The Hall–Kier alpha value is -3.07. The van der Waals surface area contributed by atoms with Gasteiger partial charge in [0.2, 0.25) is 0 Å². The summed E-state index contributed by atoms with van der Waals surface area (Å²) in [5.74, 6) is -1.54. The number of anilines is 1. The molecule has 1 saturated heterocycles. The van der Waals surface area contributed by atoms with E-state index in [9.17, 15) is 24.3 Å². The maximum atomic E-state index is 13.1. The number of thioether (sulfide) groups is 2. The number of fused-ring (bicyclic) bond motifs is 2. The molecule has 1 fully saturated rings. The summed E-state index contributed by atoms with van der Waals surface area (Å²) in [6.45, 7) is 1.79. The molecule has 0 saturated carbocycles. The Kier molecular flexibility index (Phi) is 9.36. The van der Waals surface area contributed by atoms with Gasteiger partial charge in [0.25, 0.3) is 11.8 Å². The summed E-state index contributed by atoms with van der Waals surface area (Å²) in [5.41, 5.74) is 14.9. The molecule has 7 N–H and O–H groups in total. The van der Waals surface area contributed by atoms with Crippen molar-refractivity contribution in [2.75, 3.05) is 24.3 Å². The average molecular weight is 631 g/mol. The fourth-order valence-corrected chi connectivity index (χ4v) is 7.24. The number of thiazole rings is 1. The number of β-lactam (4-membered cyclic amide) rings is 1. The minimum atomic E-state index is -1.26. The molecule has 4 amide bonds. The van der Waals surface area contributed by atoms with Gasteiger partial charge in [-0.05, 0) is 18.6 Å². The summed E-state index contributed by atoms with van der Waals surface area (Å²) in [7, 11) is 1.27. The zero-order valence-electron chi connectivity index (χ0n) is 20.9. The second kappa shape index (κ2) is 12.4. The Bertz CT molecular complexity index is 1470. The number of hydrazine groups is 2. The van der Waals surface area contributed by atoms with Gasteiger partial charge in [-0.2, -0.15) is 0 Å². The first kappa shape index (κ1) is 30.9. The molecule has 20 heteroatoms. The zero-order valence-corrected chi connectivity index (χ0v) is 23.3. The summed E-state index contributed by atoms with van der Waals surface area (Å²) in [6, 6.07) is -1.70. The van der Waals surface area contributed by atoms with Crippen molar-refractivity contribution in [1.29, 1.82) is 0 Å². The average Bonchev–Trinajstić information content (AvgIpc) is 3.54. The number of hydrogen-bond donors (Lipinski definition) is 5. The zero-order chi connectivity index (χ0) is 28.7. The molecule has 5 heterocycles. The molecule has 16 nitrogen and oxygen atoms in total. The monoisotopic (exact) mass is 630 g/mol. The third-order valence-corrected chi connectivity index (χ3v) is 8.96. The summed E-state index contributed by atoms with van der Waals surface area (Å²) in [6.07, 6.45) is 3.22. The molecule has 4 aliphatic heterocycles. The first-order valence-electron chi connectivity index (χ1n) is 11.4. The number of allylic oxidation sites excluding steroid dienone is 1. The van der Waals surface area contributed by atoms with E-state index in [1.165, 1.54) is 47.1 Å². The first-order valence-corrected chi connectivity index (χ1v) is 14.3. The number of rotatable bonds is 8. The summed E-state index contributed by atoms with van der Waals surface area (Å²) >= 11 is 3.75. The fourth-order valence-electron chi connectivity index (χ4n) is 4.13. The van der Waals surface area contributed by atoms with Crippen molar-refractivity contribution in [3.63, 3.8) is 0 Å². The molecule has 2 atom stereocenters. The number of carbonyl (C=O) groups is 4. The molecule has 1 aromatic heterocycles. The molecule has 212 valence electrons. The van der Waals surface area contributed by atoms with Crippen molar-refractivity contribution < 1.29 is 29.1 Å². The van der Waals surface area contributed by atoms with Gasteiger partial charge in [0.05, 0.1) is 11.2 Å². The SMILES string of the molecule is CO/N=C(\C(=O)N[C@@H]1C(=O)N2C(C(=O)O)=C(CSC3=CC(C)=NC4=CN(C(N)=O)NN43)CS[C@H]12)c1csc(N)n1.[NaH]. The minimum absolute atomic E-state index is 0. The predicted molar refractivity (Wildman–Crippen MR) is 155 cm³/mol. The van der Waals surface area contributed by atoms with Gasteiger partial charge >= 0.3 is 41.6 Å². The van der Waals surface area contributed by atoms with Crippen molar-refractivity contribution in [3.05, 3.63) is 45.5 Å². The number of nitrogen functional groups attached to an aromatic ring is 1. The van der Waals surface area contributed by atoms with Gasteiger partial charge < -0.3 is 26.7 Å². The van der Waals surface area contributed by atoms with E-state index in [4.69, 9.17) is 16.3 Å². The van der Waals surface area contributed by atoms with E-state index in [1.54, 1.807) is 18.0 Å². The molecule has 41 heavy (non-hydrogen) atoms. The van der Waals surface area contributed by atoms with Crippen molar-refractivity contribution in [3.8, 4) is 0 Å². The number of hydrogen-bond acceptors (Lipinski definition) is 14. The number of aliphatic imine (C=N–C) groups is 1. The van der Waals surface area contributed by atoms with Crippen LogP contribution in [0.1, 0.15) is 12.6 Å². The Labute approximate surface area is 267 Å². The number of nitrogens with one attached hydrogen (secondary N) is 2. The standard InChI is InChI=1S/C21H22N10O6S3.Na.H/c1-8-3-12(31-11(24-8)4-29(28-31)21(23)36)38-5-9-6-39-18-14(17(33)30(18)15(9)19(34)35)26-16(32)13(27-37-2)10-7-40-20(22)25-10;;/h3-4,7,14,18,28H,5-6H2,1-2H3,(H2,22,25)(H2,23,36)(H,26,32)(H,34,35);;/b27-13-;;/t14-,18-;;/m1../s1. The molecule has 4 aliphatic rings. The van der Waals surface area contributed by atoms with Gasteiger partial charge in [-0.15, -0.1) is 40.4 Å². The molecule has 0 bridgehead atoms. The van der Waals surface area contributed by atoms with Crippen LogP contribution in [0, 0.1) is 0 Å². The normalized spacial score (nSPS) is 21.6. The summed E-state index contributed by atoms with van der Waals surface area (Å²) in [5, 5.41) is 20.8. The number of aromatic nitrogens is 1. The molecule has 0 unspecified atom stereocenters. The van der Waals surface area contributed by atoms with Gasteiger partial charge in [0, 0.05) is 22.6 Å². The molecule has 0 spiro atoms. The van der Waals surface area contributed by atoms with Crippen molar-refractivity contribution in [1.82, 2.24) is 30.8 Å². The van der Waals surface area contributed by atoms with Crippen molar-refractivity contribution in [2.45, 2.75) is 18.3 Å². The third kappa shape index (κ3) is 5.96. The Morgan fingerprint density at radius 3 is 2.78 bits per heavy atom. The number of oxime groups is 1. The van der Waals surface area contributed by atoms with Crippen LogP contribution in [0.2, 0.25) is 0 Å². The molecule has 5 rings (SSSR count). The Morgan fingerprint density at radius 2 is 2.15 bits per heavy atom. The number of nitrogens with zero attached hydrogens (tertiary/aromatic N) is 6. The second-order valence-electron chi connectivity index (χ2n) is 8.47. The van der Waals surface area contributed by atoms with Crippen LogP contribution < -0.4 is 22.3 Å². The van der Waals surface area contributed by atoms with Crippen LogP contribution in [0.25, 0.3) is 0 Å². The Balaban J connectivity index is 0.00000387. The fraction of sp³-hybridized carbons (Fsp3) is 0.286. The number of carbonyl (C=O) groups excluding carboxylic acids is 3. The summed E-state index contributed by atoms with van der Waals surface area (Å²) in [4.78, 5) is 64.2. The first-order chi connectivity index (χ1) is 19.1. The van der Waals surface area contributed by atoms with Gasteiger partial charge in [-0.3, -0.25) is 14.5 Å². The number of carboxylic acids is 1. The molecule has 0 aliphatic carbocycles. The van der Waals surface area contributed by atoms with Crippen LogP contribution in [-0.4, -0.2) is 120 Å². The number of amides is 4. The van der Waals surface area contributed by atoms with Crippen molar-refractivity contribution in [2.24, 2.45) is 15.9 Å². The predicted octanol–water partition coefficient (Wildman–Crippen LogP) is -0.870. The maximum absolute atomic E-state index is 13.1. The van der Waals surface area contributed by atoms with E-state index >= 15 is 0 Å². The molecular weight excluding hydrogens is 607 g/mol. The van der Waals surface area contributed by atoms with E-state index in [0.29, 0.717) is 27.9 Å². The summed E-state index contributed by atoms with van der Waals surface area (Å²) < 4.78 is 0. The van der Waals surface area contributed by atoms with Gasteiger partial charge in [0.1, 0.15) is 29.9 Å². The molecule has 0 radical (unpaired) electrons. The third-order valence-electron chi connectivity index (χ3n) is 5.86. The molecular formula is C21H23N10NaO6S3. The number of aliphatic carboxylic acids is 1. The molecule has 1 aromatic rings.